The quantitative estimate of drug-likeness (QED) is 0.354. The summed E-state index contributed by atoms with van der Waals surface area (Å²) in [6, 6.07) is 17.2. The Bertz CT molecular complexity index is 881. The lowest BCUT2D eigenvalue weighted by molar-refractivity contribution is 0.162. The van der Waals surface area contributed by atoms with E-state index in [2.05, 4.69) is 49.1 Å². The molecule has 0 aliphatic heterocycles. The van der Waals surface area contributed by atoms with E-state index in [1.807, 2.05) is 6.07 Å². The fourth-order valence-corrected chi connectivity index (χ4v) is 5.81. The Morgan fingerprint density at radius 2 is 1.67 bits per heavy atom. The van der Waals surface area contributed by atoms with E-state index >= 15 is 8.78 Å². The molecule has 2 aromatic carbocycles. The van der Waals surface area contributed by atoms with Gasteiger partial charge in [0.05, 0.1) is 11.5 Å². The summed E-state index contributed by atoms with van der Waals surface area (Å²) in [5.74, 6) is -1.15. The molecule has 0 bridgehead atoms. The molecule has 0 radical (unpaired) electrons. The first kappa shape index (κ1) is 25.4. The van der Waals surface area contributed by atoms with Crippen LogP contribution in [0.3, 0.4) is 0 Å². The van der Waals surface area contributed by atoms with Crippen LogP contribution in [-0.2, 0) is 11.8 Å². The van der Waals surface area contributed by atoms with Gasteiger partial charge >= 0.3 is 0 Å². The third kappa shape index (κ3) is 6.01. The molecule has 1 aliphatic carbocycles. The fourth-order valence-electron chi connectivity index (χ4n) is 5.81. The molecule has 0 saturated heterocycles. The number of likely N-dealkylation sites (N-methyl/N-ethyl adjacent to an activating group) is 1. The summed E-state index contributed by atoms with van der Waals surface area (Å²) >= 11 is 0. The Hall–Kier alpha value is -2.25. The predicted molar refractivity (Wildman–Crippen MR) is 131 cm³/mol. The van der Waals surface area contributed by atoms with Gasteiger partial charge in [-0.2, -0.15) is 5.26 Å². The van der Waals surface area contributed by atoms with E-state index in [1.165, 1.54) is 23.8 Å². The molecule has 2 unspecified atom stereocenters. The Labute approximate surface area is 198 Å². The number of hydrogen-bond acceptors (Lipinski definition) is 2. The topological polar surface area (TPSA) is 27.0 Å². The lowest BCUT2D eigenvalue weighted by Crippen LogP contribution is -2.41. The molecule has 1 fully saturated rings. The van der Waals surface area contributed by atoms with Crippen LogP contribution in [0.5, 0.6) is 0 Å². The Morgan fingerprint density at radius 3 is 2.24 bits per heavy atom. The first-order valence-electron chi connectivity index (χ1n) is 12.7. The molecule has 0 aromatic heterocycles. The monoisotopic (exact) mass is 452 g/mol. The fraction of sp³-hybridized carbons (Fsp3) is 0.552. The van der Waals surface area contributed by atoms with Crippen LogP contribution in [0.25, 0.3) is 0 Å². The first-order chi connectivity index (χ1) is 16.1. The standard InChI is InChI=1S/C29H38F2N2/c1-3-25(33(4-2)21-19-23-12-7-5-8-13-23)18-20-29(22-32,24-14-9-6-10-15-24)28-26(30)16-11-17-27(28)31/h5,7-8,11-13,16-17,24-25H,3-4,6,9-10,14-15,18-21H2,1-2H3. The second-order valence-corrected chi connectivity index (χ2v) is 9.48. The number of halogens is 2. The van der Waals surface area contributed by atoms with Crippen molar-refractivity contribution in [1.29, 1.82) is 5.26 Å². The molecule has 1 saturated carbocycles. The molecule has 2 aromatic rings. The van der Waals surface area contributed by atoms with Crippen LogP contribution in [0.1, 0.15) is 76.3 Å². The summed E-state index contributed by atoms with van der Waals surface area (Å²) in [6.07, 6.45) is 8.10. The van der Waals surface area contributed by atoms with Gasteiger partial charge in [0.25, 0.3) is 0 Å². The van der Waals surface area contributed by atoms with Crippen LogP contribution < -0.4 is 0 Å². The molecular formula is C29H38F2N2. The first-order valence-corrected chi connectivity index (χ1v) is 12.7. The lowest BCUT2D eigenvalue weighted by Gasteiger charge is -2.40. The van der Waals surface area contributed by atoms with E-state index in [4.69, 9.17) is 0 Å². The van der Waals surface area contributed by atoms with Gasteiger partial charge in [-0.05, 0) is 68.7 Å². The van der Waals surface area contributed by atoms with E-state index in [0.717, 1.165) is 64.5 Å². The number of hydrogen-bond donors (Lipinski definition) is 0. The van der Waals surface area contributed by atoms with Crippen LogP contribution in [0.2, 0.25) is 0 Å². The normalized spacial score (nSPS) is 17.5. The van der Waals surface area contributed by atoms with Crippen molar-refractivity contribution >= 4 is 0 Å². The van der Waals surface area contributed by atoms with Gasteiger partial charge in [-0.15, -0.1) is 0 Å². The number of benzene rings is 2. The van der Waals surface area contributed by atoms with Crippen LogP contribution in [0.15, 0.2) is 48.5 Å². The highest BCUT2D eigenvalue weighted by atomic mass is 19.1. The Kier molecular flexibility index (Phi) is 9.44. The molecule has 0 heterocycles. The smallest absolute Gasteiger partial charge is 0.130 e. The third-order valence-corrected chi connectivity index (χ3v) is 7.71. The second-order valence-electron chi connectivity index (χ2n) is 9.48. The van der Waals surface area contributed by atoms with Gasteiger partial charge in [-0.1, -0.05) is 69.5 Å². The van der Waals surface area contributed by atoms with Gasteiger partial charge in [-0.3, -0.25) is 0 Å². The van der Waals surface area contributed by atoms with Gasteiger partial charge in [0, 0.05) is 18.2 Å². The van der Waals surface area contributed by atoms with E-state index in [-0.39, 0.29) is 17.5 Å². The summed E-state index contributed by atoms with van der Waals surface area (Å²) in [4.78, 5) is 2.47. The SMILES string of the molecule is CCC(CCC(C#N)(c1c(F)cccc1F)C1CCCCC1)N(CC)CCc1ccccc1. The summed E-state index contributed by atoms with van der Waals surface area (Å²) in [7, 11) is 0. The van der Waals surface area contributed by atoms with E-state index < -0.39 is 17.0 Å². The van der Waals surface area contributed by atoms with E-state index in [9.17, 15) is 5.26 Å². The Morgan fingerprint density at radius 1 is 1.00 bits per heavy atom. The zero-order chi connectivity index (χ0) is 23.7. The predicted octanol–water partition coefficient (Wildman–Crippen LogP) is 7.43. The summed E-state index contributed by atoms with van der Waals surface area (Å²) in [5.41, 5.74) is 0.205. The number of nitrogens with zero attached hydrogens (tertiary/aromatic N) is 2. The zero-order valence-electron chi connectivity index (χ0n) is 20.2. The van der Waals surface area contributed by atoms with Crippen LogP contribution in [-0.4, -0.2) is 24.0 Å². The maximum atomic E-state index is 15.0. The van der Waals surface area contributed by atoms with Crippen molar-refractivity contribution < 1.29 is 8.78 Å². The molecule has 0 spiro atoms. The minimum atomic E-state index is -1.11. The minimum absolute atomic E-state index is 0.000415. The number of rotatable bonds is 11. The lowest BCUT2D eigenvalue weighted by atomic mass is 9.63. The Balaban J connectivity index is 1.83. The molecule has 1 aliphatic rings. The van der Waals surface area contributed by atoms with Crippen molar-refractivity contribution in [1.82, 2.24) is 4.90 Å². The summed E-state index contributed by atoms with van der Waals surface area (Å²) in [5, 5.41) is 10.5. The van der Waals surface area contributed by atoms with Gasteiger partial charge < -0.3 is 4.90 Å². The van der Waals surface area contributed by atoms with Crippen LogP contribution in [0.4, 0.5) is 8.78 Å². The van der Waals surface area contributed by atoms with Crippen molar-refractivity contribution in [2.45, 2.75) is 83.1 Å². The van der Waals surface area contributed by atoms with E-state index in [0.29, 0.717) is 6.42 Å². The molecule has 2 atom stereocenters. The summed E-state index contributed by atoms with van der Waals surface area (Å²) in [6.45, 7) is 6.20. The average molecular weight is 453 g/mol. The molecule has 0 amide bonds. The average Bonchev–Trinajstić information content (AvgIpc) is 2.85. The zero-order valence-corrected chi connectivity index (χ0v) is 20.2. The van der Waals surface area contributed by atoms with Gasteiger partial charge in [0.15, 0.2) is 0 Å². The molecule has 3 rings (SSSR count). The minimum Gasteiger partial charge on any atom is -0.300 e. The van der Waals surface area contributed by atoms with Gasteiger partial charge in [0.1, 0.15) is 11.6 Å². The highest BCUT2D eigenvalue weighted by molar-refractivity contribution is 5.36. The highest BCUT2D eigenvalue weighted by Crippen LogP contribution is 2.46. The molecule has 178 valence electrons. The van der Waals surface area contributed by atoms with Gasteiger partial charge in [0.2, 0.25) is 0 Å². The largest absolute Gasteiger partial charge is 0.300 e. The third-order valence-electron chi connectivity index (χ3n) is 7.71. The maximum absolute atomic E-state index is 15.0. The second kappa shape index (κ2) is 12.3. The van der Waals surface area contributed by atoms with Crippen LogP contribution in [0, 0.1) is 28.9 Å². The molecular weight excluding hydrogens is 414 g/mol. The molecule has 0 N–H and O–H groups in total. The molecule has 2 nitrogen and oxygen atoms in total. The maximum Gasteiger partial charge on any atom is 0.130 e. The van der Waals surface area contributed by atoms with E-state index in [1.54, 1.807) is 0 Å². The number of nitriles is 1. The van der Waals surface area contributed by atoms with Gasteiger partial charge in [-0.25, -0.2) is 8.78 Å². The molecule has 33 heavy (non-hydrogen) atoms. The van der Waals surface area contributed by atoms with Crippen molar-refractivity contribution in [3.05, 3.63) is 71.3 Å². The van der Waals surface area contributed by atoms with Crippen molar-refractivity contribution in [3.8, 4) is 6.07 Å². The van der Waals surface area contributed by atoms with Crippen LogP contribution >= 0.6 is 0 Å². The summed E-state index contributed by atoms with van der Waals surface area (Å²) < 4.78 is 30.1. The van der Waals surface area contributed by atoms with Crippen molar-refractivity contribution in [2.24, 2.45) is 5.92 Å². The molecule has 4 heteroatoms. The van der Waals surface area contributed by atoms with Crippen molar-refractivity contribution in [3.63, 3.8) is 0 Å². The highest BCUT2D eigenvalue weighted by Gasteiger charge is 2.45. The van der Waals surface area contributed by atoms with Crippen molar-refractivity contribution in [2.75, 3.05) is 13.1 Å².